The first-order chi connectivity index (χ1) is 9.60. The molecule has 0 aliphatic carbocycles. The van der Waals surface area contributed by atoms with Crippen LogP contribution in [0, 0.1) is 0 Å². The minimum atomic E-state index is -3.58. The number of ether oxygens (including phenoxy) is 2. The number of halogens is 1. The van der Waals surface area contributed by atoms with Crippen LogP contribution in [0.5, 0.6) is 11.5 Å². The second kappa shape index (κ2) is 6.39. The van der Waals surface area contributed by atoms with E-state index >= 15 is 0 Å². The van der Waals surface area contributed by atoms with Gasteiger partial charge in [0.05, 0.1) is 0 Å². The van der Waals surface area contributed by atoms with Gasteiger partial charge >= 0.3 is 0 Å². The van der Waals surface area contributed by atoms with E-state index in [9.17, 15) is 8.42 Å². The summed E-state index contributed by atoms with van der Waals surface area (Å²) in [5.41, 5.74) is 0. The molecule has 1 aromatic rings. The maximum Gasteiger partial charge on any atom is 0.246 e. The van der Waals surface area contributed by atoms with Gasteiger partial charge in [-0.05, 0) is 25.1 Å². The minimum Gasteiger partial charge on any atom is -0.486 e. The smallest absolute Gasteiger partial charge is 0.246 e. The lowest BCUT2D eigenvalue weighted by molar-refractivity contribution is 0.166. The molecule has 1 fully saturated rings. The van der Waals surface area contributed by atoms with Crippen LogP contribution in [0.25, 0.3) is 0 Å². The molecule has 1 unspecified atom stereocenters. The van der Waals surface area contributed by atoms with E-state index in [0.717, 1.165) is 13.0 Å². The molecule has 1 N–H and O–H groups in total. The Kier molecular flexibility index (Phi) is 4.98. The molecule has 118 valence electrons. The summed E-state index contributed by atoms with van der Waals surface area (Å²) in [7, 11) is -1.95. The van der Waals surface area contributed by atoms with Crippen LogP contribution in [0.15, 0.2) is 23.1 Å². The van der Waals surface area contributed by atoms with E-state index in [1.54, 1.807) is 25.2 Å². The van der Waals surface area contributed by atoms with Gasteiger partial charge in [-0.25, -0.2) is 8.42 Å². The van der Waals surface area contributed by atoms with Crippen LogP contribution >= 0.6 is 12.4 Å². The first kappa shape index (κ1) is 16.4. The molecule has 2 aliphatic heterocycles. The van der Waals surface area contributed by atoms with Gasteiger partial charge in [0.15, 0.2) is 11.5 Å². The monoisotopic (exact) mass is 334 g/mol. The van der Waals surface area contributed by atoms with Gasteiger partial charge in [-0.2, -0.15) is 4.31 Å². The molecule has 0 amide bonds. The molecule has 0 saturated carbocycles. The Morgan fingerprint density at radius 2 is 2.05 bits per heavy atom. The zero-order valence-electron chi connectivity index (χ0n) is 11.7. The summed E-state index contributed by atoms with van der Waals surface area (Å²) in [5, 5.41) is 3.18. The summed E-state index contributed by atoms with van der Waals surface area (Å²) < 4.78 is 37.9. The molecule has 0 bridgehead atoms. The van der Waals surface area contributed by atoms with Crippen LogP contribution in [0.4, 0.5) is 0 Å². The van der Waals surface area contributed by atoms with E-state index in [1.165, 1.54) is 4.31 Å². The highest BCUT2D eigenvalue weighted by Crippen LogP contribution is 2.37. The van der Waals surface area contributed by atoms with Crippen molar-refractivity contribution in [1.29, 1.82) is 0 Å². The average Bonchev–Trinajstić information content (AvgIpc) is 2.99. The van der Waals surface area contributed by atoms with Gasteiger partial charge in [0, 0.05) is 19.6 Å². The summed E-state index contributed by atoms with van der Waals surface area (Å²) in [4.78, 5) is 0.184. The lowest BCUT2D eigenvalue weighted by Gasteiger charge is -2.26. The molecular formula is C13H19ClN2O4S. The number of sulfonamides is 1. The molecule has 21 heavy (non-hydrogen) atoms. The summed E-state index contributed by atoms with van der Waals surface area (Å²) in [6.45, 7) is 2.34. The van der Waals surface area contributed by atoms with E-state index in [0.29, 0.717) is 31.3 Å². The van der Waals surface area contributed by atoms with E-state index in [2.05, 4.69) is 5.32 Å². The van der Waals surface area contributed by atoms with Crippen LogP contribution in [-0.4, -0.2) is 52.1 Å². The highest BCUT2D eigenvalue weighted by molar-refractivity contribution is 7.89. The van der Waals surface area contributed by atoms with Crippen LogP contribution in [0.1, 0.15) is 6.42 Å². The molecule has 2 heterocycles. The molecule has 3 rings (SSSR count). The fourth-order valence-corrected chi connectivity index (χ4v) is 4.08. The van der Waals surface area contributed by atoms with Crippen LogP contribution in [0.3, 0.4) is 0 Å². The lowest BCUT2D eigenvalue weighted by atomic mass is 10.3. The van der Waals surface area contributed by atoms with Gasteiger partial charge in [0.25, 0.3) is 0 Å². The summed E-state index contributed by atoms with van der Waals surface area (Å²) in [6.07, 6.45) is 0.822. The Balaban J connectivity index is 0.00000161. The predicted molar refractivity (Wildman–Crippen MR) is 80.9 cm³/mol. The van der Waals surface area contributed by atoms with Crippen molar-refractivity contribution < 1.29 is 17.9 Å². The first-order valence-electron chi connectivity index (χ1n) is 6.68. The summed E-state index contributed by atoms with van der Waals surface area (Å²) in [5.74, 6) is 0.826. The number of para-hydroxylation sites is 1. The van der Waals surface area contributed by atoms with Crippen molar-refractivity contribution in [3.63, 3.8) is 0 Å². The predicted octanol–water partition coefficient (Wildman–Crippen LogP) is 0.862. The number of hydrogen-bond acceptors (Lipinski definition) is 5. The number of nitrogens with zero attached hydrogens (tertiary/aromatic N) is 1. The number of hydrogen-bond donors (Lipinski definition) is 1. The van der Waals surface area contributed by atoms with Crippen LogP contribution in [0.2, 0.25) is 0 Å². The molecule has 8 heteroatoms. The maximum atomic E-state index is 12.8. The third-order valence-electron chi connectivity index (χ3n) is 3.74. The van der Waals surface area contributed by atoms with Gasteiger partial charge < -0.3 is 14.8 Å². The van der Waals surface area contributed by atoms with Crippen molar-refractivity contribution in [3.05, 3.63) is 18.2 Å². The van der Waals surface area contributed by atoms with Crippen LogP contribution < -0.4 is 14.8 Å². The zero-order valence-corrected chi connectivity index (χ0v) is 13.4. The largest absolute Gasteiger partial charge is 0.486 e. The molecule has 0 aromatic heterocycles. The fraction of sp³-hybridized carbons (Fsp3) is 0.538. The number of fused-ring (bicyclic) bond motifs is 1. The van der Waals surface area contributed by atoms with Gasteiger partial charge in [0.1, 0.15) is 18.1 Å². The van der Waals surface area contributed by atoms with E-state index in [4.69, 9.17) is 9.47 Å². The fourth-order valence-electron chi connectivity index (χ4n) is 2.55. The molecule has 1 saturated heterocycles. The first-order valence-corrected chi connectivity index (χ1v) is 8.12. The standard InChI is InChI=1S/C13H18N2O4S.ClH/c1-15(10-5-6-14-9-10)20(16,17)12-4-2-3-11-13(12)19-8-7-18-11;/h2-4,10,14H,5-9H2,1H3;1H. The number of rotatable bonds is 3. The quantitative estimate of drug-likeness (QED) is 0.888. The Hall–Kier alpha value is -1.02. The SMILES string of the molecule is CN(C1CCNC1)S(=O)(=O)c1cccc2c1OCCO2.Cl. The Morgan fingerprint density at radius 3 is 2.76 bits per heavy atom. The molecule has 1 atom stereocenters. The van der Waals surface area contributed by atoms with Gasteiger partial charge in [-0.15, -0.1) is 12.4 Å². The minimum absolute atomic E-state index is 0. The summed E-state index contributed by atoms with van der Waals surface area (Å²) >= 11 is 0. The van der Waals surface area contributed by atoms with E-state index in [1.807, 2.05) is 0 Å². The third-order valence-corrected chi connectivity index (χ3v) is 5.67. The molecular weight excluding hydrogens is 316 g/mol. The number of benzene rings is 1. The second-order valence-corrected chi connectivity index (χ2v) is 6.91. The van der Waals surface area contributed by atoms with Gasteiger partial charge in [0.2, 0.25) is 10.0 Å². The van der Waals surface area contributed by atoms with Crippen LogP contribution in [-0.2, 0) is 10.0 Å². The maximum absolute atomic E-state index is 12.8. The number of nitrogens with one attached hydrogen (secondary N) is 1. The summed E-state index contributed by atoms with van der Waals surface area (Å²) in [6, 6.07) is 4.97. The highest BCUT2D eigenvalue weighted by atomic mass is 35.5. The zero-order chi connectivity index (χ0) is 14.2. The average molecular weight is 335 g/mol. The normalized spacial score (nSPS) is 21.1. The van der Waals surface area contributed by atoms with Gasteiger partial charge in [-0.1, -0.05) is 6.07 Å². The Labute approximate surface area is 130 Å². The topological polar surface area (TPSA) is 67.9 Å². The molecule has 0 radical (unpaired) electrons. The van der Waals surface area contributed by atoms with Crippen molar-refractivity contribution in [2.75, 3.05) is 33.4 Å². The molecule has 6 nitrogen and oxygen atoms in total. The van der Waals surface area contributed by atoms with Crippen molar-refractivity contribution in [3.8, 4) is 11.5 Å². The molecule has 1 aromatic carbocycles. The van der Waals surface area contributed by atoms with E-state index < -0.39 is 10.0 Å². The van der Waals surface area contributed by atoms with Gasteiger partial charge in [-0.3, -0.25) is 0 Å². The Morgan fingerprint density at radius 1 is 1.29 bits per heavy atom. The van der Waals surface area contributed by atoms with Crippen molar-refractivity contribution in [1.82, 2.24) is 9.62 Å². The highest BCUT2D eigenvalue weighted by Gasteiger charge is 2.33. The third kappa shape index (κ3) is 2.96. The van der Waals surface area contributed by atoms with Crippen molar-refractivity contribution >= 4 is 22.4 Å². The number of likely N-dealkylation sites (N-methyl/N-ethyl adjacent to an activating group) is 1. The lowest BCUT2D eigenvalue weighted by Crippen LogP contribution is -2.38. The van der Waals surface area contributed by atoms with Crippen molar-refractivity contribution in [2.45, 2.75) is 17.4 Å². The van der Waals surface area contributed by atoms with E-state index in [-0.39, 0.29) is 23.3 Å². The molecule has 0 spiro atoms. The van der Waals surface area contributed by atoms with Crippen molar-refractivity contribution in [2.24, 2.45) is 0 Å². The molecule has 2 aliphatic rings. The Bertz CT molecular complexity index is 602. The second-order valence-electron chi connectivity index (χ2n) is 4.95.